The molecular formula is C6H3N3O2. The molecule has 54 valence electrons. The Hall–Kier alpha value is -1.96. The molecule has 0 N–H and O–H groups in total. The molecule has 11 heavy (non-hydrogen) atoms. The van der Waals surface area contributed by atoms with Crippen LogP contribution in [-0.2, 0) is 0 Å². The lowest BCUT2D eigenvalue weighted by Gasteiger charge is -1.90. The molecule has 5 heteroatoms. The normalized spacial score (nSPS) is 8.64. The van der Waals surface area contributed by atoms with Gasteiger partial charge in [-0.15, -0.1) is 0 Å². The summed E-state index contributed by atoms with van der Waals surface area (Å²) < 4.78 is 0. The van der Waals surface area contributed by atoms with Crippen molar-refractivity contribution in [2.75, 3.05) is 0 Å². The molecule has 0 amide bonds. The van der Waals surface area contributed by atoms with Crippen LogP contribution >= 0.6 is 0 Å². The molecule has 0 atom stereocenters. The van der Waals surface area contributed by atoms with Gasteiger partial charge in [0.25, 0.3) is 11.4 Å². The van der Waals surface area contributed by atoms with Crippen LogP contribution in [0.3, 0.4) is 0 Å². The van der Waals surface area contributed by atoms with Crippen LogP contribution in [0.5, 0.6) is 0 Å². The Morgan fingerprint density at radius 3 is 2.91 bits per heavy atom. The fourth-order valence-electron chi connectivity index (χ4n) is 0.614. The van der Waals surface area contributed by atoms with Gasteiger partial charge >= 0.3 is 0 Å². The summed E-state index contributed by atoms with van der Waals surface area (Å²) >= 11 is 0. The molecule has 1 aromatic rings. The van der Waals surface area contributed by atoms with Gasteiger partial charge in [0.15, 0.2) is 0 Å². The zero-order valence-electron chi connectivity index (χ0n) is 5.39. The lowest BCUT2D eigenvalue weighted by molar-refractivity contribution is -0.384. The zero-order valence-corrected chi connectivity index (χ0v) is 5.39. The van der Waals surface area contributed by atoms with E-state index in [0.717, 1.165) is 6.20 Å². The van der Waals surface area contributed by atoms with E-state index in [0.29, 0.717) is 0 Å². The van der Waals surface area contributed by atoms with Gasteiger partial charge in [0, 0.05) is 6.20 Å². The molecular weight excluding hydrogens is 146 g/mol. The topological polar surface area (TPSA) is 60.4 Å². The maximum Gasteiger partial charge on any atom is 0.297 e. The van der Waals surface area contributed by atoms with Gasteiger partial charge < -0.3 is 0 Å². The molecule has 0 saturated heterocycles. The number of hydrogen-bond donors (Lipinski definition) is 0. The van der Waals surface area contributed by atoms with E-state index in [1.54, 1.807) is 0 Å². The van der Waals surface area contributed by atoms with Crippen molar-refractivity contribution in [2.45, 2.75) is 0 Å². The van der Waals surface area contributed by atoms with Crippen molar-refractivity contribution < 1.29 is 4.92 Å². The predicted octanol–water partition coefficient (Wildman–Crippen LogP) is 1.54. The first-order chi connectivity index (χ1) is 5.25. The van der Waals surface area contributed by atoms with Gasteiger partial charge in [0.05, 0.1) is 17.7 Å². The third-order valence-electron chi connectivity index (χ3n) is 1.09. The quantitative estimate of drug-likeness (QED) is 0.345. The van der Waals surface area contributed by atoms with Crippen LogP contribution in [0.4, 0.5) is 11.4 Å². The minimum absolute atomic E-state index is 0.0185. The number of hydrogen-bond acceptors (Lipinski definition) is 3. The zero-order chi connectivity index (χ0) is 8.27. The molecule has 5 nitrogen and oxygen atoms in total. The van der Waals surface area contributed by atoms with E-state index >= 15 is 0 Å². The first-order valence-electron chi connectivity index (χ1n) is 2.71. The second-order valence-corrected chi connectivity index (χ2v) is 1.73. The summed E-state index contributed by atoms with van der Waals surface area (Å²) in [6.07, 6.45) is 2.41. The summed E-state index contributed by atoms with van der Waals surface area (Å²) in [6, 6.07) is 1.31. The van der Waals surface area contributed by atoms with E-state index in [9.17, 15) is 10.1 Å². The summed E-state index contributed by atoms with van der Waals surface area (Å²) in [5.74, 6) is 0. The van der Waals surface area contributed by atoms with E-state index in [2.05, 4.69) is 9.83 Å². The lowest BCUT2D eigenvalue weighted by Crippen LogP contribution is -1.87. The molecule has 1 heterocycles. The lowest BCUT2D eigenvalue weighted by atomic mass is 10.4. The summed E-state index contributed by atoms with van der Waals surface area (Å²) in [5.41, 5.74) is -0.229. The van der Waals surface area contributed by atoms with Crippen LogP contribution in [0.15, 0.2) is 18.5 Å². The molecule has 0 fully saturated rings. The van der Waals surface area contributed by atoms with Gasteiger partial charge in [-0.05, 0) is 6.07 Å². The van der Waals surface area contributed by atoms with Crippen LogP contribution in [0.1, 0.15) is 0 Å². The molecule has 0 aliphatic carbocycles. The summed E-state index contributed by atoms with van der Waals surface area (Å²) in [6.45, 7) is 6.57. The molecule has 0 aliphatic rings. The Morgan fingerprint density at radius 2 is 2.45 bits per heavy atom. The highest BCUT2D eigenvalue weighted by atomic mass is 16.6. The number of rotatable bonds is 1. The molecule has 0 bridgehead atoms. The van der Waals surface area contributed by atoms with E-state index in [1.165, 1.54) is 12.3 Å². The maximum atomic E-state index is 10.2. The molecule has 0 radical (unpaired) electrons. The minimum atomic E-state index is -0.625. The van der Waals surface area contributed by atoms with Crippen molar-refractivity contribution in [2.24, 2.45) is 0 Å². The smallest absolute Gasteiger partial charge is 0.260 e. The summed E-state index contributed by atoms with van der Waals surface area (Å²) in [7, 11) is 0. The fourth-order valence-corrected chi connectivity index (χ4v) is 0.614. The second kappa shape index (κ2) is 2.75. The van der Waals surface area contributed by atoms with Crippen LogP contribution in [-0.4, -0.2) is 9.91 Å². The van der Waals surface area contributed by atoms with Crippen molar-refractivity contribution in [3.8, 4) is 0 Å². The van der Waals surface area contributed by atoms with Crippen LogP contribution in [0, 0.1) is 16.7 Å². The molecule has 1 aromatic heterocycles. The first-order valence-corrected chi connectivity index (χ1v) is 2.71. The van der Waals surface area contributed by atoms with Crippen molar-refractivity contribution in [3.63, 3.8) is 0 Å². The Morgan fingerprint density at radius 1 is 1.73 bits per heavy atom. The number of pyridine rings is 1. The molecule has 0 saturated carbocycles. The van der Waals surface area contributed by atoms with E-state index in [4.69, 9.17) is 6.57 Å². The second-order valence-electron chi connectivity index (χ2n) is 1.73. The van der Waals surface area contributed by atoms with Crippen molar-refractivity contribution in [1.29, 1.82) is 0 Å². The molecule has 0 aliphatic heterocycles. The van der Waals surface area contributed by atoms with Crippen LogP contribution in [0.2, 0.25) is 0 Å². The highest BCUT2D eigenvalue weighted by Gasteiger charge is 2.11. The molecule has 0 aromatic carbocycles. The Balaban J connectivity index is 3.26. The van der Waals surface area contributed by atoms with Crippen molar-refractivity contribution in [3.05, 3.63) is 40.0 Å². The Kier molecular flexibility index (Phi) is 1.79. The number of nitrogens with zero attached hydrogens (tertiary/aromatic N) is 3. The summed E-state index contributed by atoms with van der Waals surface area (Å²) in [4.78, 5) is 16.1. The van der Waals surface area contributed by atoms with Crippen LogP contribution in [0.25, 0.3) is 4.85 Å². The van der Waals surface area contributed by atoms with Crippen LogP contribution < -0.4 is 0 Å². The summed E-state index contributed by atoms with van der Waals surface area (Å²) in [5, 5.41) is 10.2. The third-order valence-corrected chi connectivity index (χ3v) is 1.09. The highest BCUT2D eigenvalue weighted by molar-refractivity contribution is 5.60. The molecule has 0 unspecified atom stereocenters. The van der Waals surface area contributed by atoms with E-state index in [1.807, 2.05) is 0 Å². The largest absolute Gasteiger partial charge is 0.297 e. The van der Waals surface area contributed by atoms with E-state index in [-0.39, 0.29) is 11.4 Å². The average molecular weight is 149 g/mol. The van der Waals surface area contributed by atoms with Gasteiger partial charge in [-0.1, -0.05) is 0 Å². The molecule has 1 rings (SSSR count). The van der Waals surface area contributed by atoms with Gasteiger partial charge in [0.1, 0.15) is 0 Å². The molecule has 0 spiro atoms. The Bertz CT molecular complexity index is 329. The number of aromatic nitrogens is 1. The fraction of sp³-hybridized carbons (Fsp3) is 0. The van der Waals surface area contributed by atoms with E-state index < -0.39 is 4.92 Å². The average Bonchev–Trinajstić information content (AvgIpc) is 2.04. The highest BCUT2D eigenvalue weighted by Crippen LogP contribution is 2.24. The standard InChI is InChI=1S/C6H3N3O2/c1-7-5-2-3-8-4-6(5)9(10)11/h2-4H. The monoisotopic (exact) mass is 149 g/mol. The maximum absolute atomic E-state index is 10.2. The van der Waals surface area contributed by atoms with Crippen molar-refractivity contribution in [1.82, 2.24) is 4.98 Å². The van der Waals surface area contributed by atoms with Gasteiger partial charge in [-0.3, -0.25) is 15.1 Å². The van der Waals surface area contributed by atoms with Crippen molar-refractivity contribution >= 4 is 11.4 Å². The van der Waals surface area contributed by atoms with Gasteiger partial charge in [0.2, 0.25) is 0 Å². The van der Waals surface area contributed by atoms with Gasteiger partial charge in [-0.25, -0.2) is 4.85 Å². The third kappa shape index (κ3) is 1.30. The minimum Gasteiger partial charge on any atom is -0.260 e. The number of nitro groups is 1. The first kappa shape index (κ1) is 7.15. The SMILES string of the molecule is [C-]#[N+]c1ccncc1[N+](=O)[O-]. The predicted molar refractivity (Wildman–Crippen MR) is 37.2 cm³/mol. The van der Waals surface area contributed by atoms with Gasteiger partial charge in [-0.2, -0.15) is 0 Å². The Labute approximate surface area is 62.3 Å².